The van der Waals surface area contributed by atoms with Crippen LogP contribution < -0.4 is 0 Å². The normalized spacial score (nSPS) is 34.8. The van der Waals surface area contributed by atoms with Crippen molar-refractivity contribution >= 4 is 20.1 Å². The molecule has 1 radical (unpaired) electrons. The number of allylic oxidation sites excluding steroid dienone is 1. The Balaban J connectivity index is 0.00000627. The second-order valence-corrected chi connectivity index (χ2v) is 19.4. The molecule has 1 heterocycles. The number of unbranched alkanes of at least 4 members (excludes halogenated alkanes) is 3. The van der Waals surface area contributed by atoms with Crippen LogP contribution in [0.5, 0.6) is 0 Å². The quantitative estimate of drug-likeness (QED) is 0.0574. The second kappa shape index (κ2) is 21.0. The Morgan fingerprint density at radius 3 is 2.45 bits per heavy atom. The molecular weight excluding hydrogens is 766 g/mol. The molecule has 3 saturated carbocycles. The average Bonchev–Trinajstić information content (AvgIpc) is 3.66. The SMILES string of the molecule is CC(C)CCC[C@H](C)[C@H]1CCC2C3CC=C4C[C@@H](OC(=O)CCCCCCC(=O)N5C[C@H](O)C[C@H]5CO[PH](=O)OCCO)CC[C@]4(C)C3CC[C@@]21C.[Y]. The van der Waals surface area contributed by atoms with Crippen LogP contribution in [0.25, 0.3) is 0 Å². The Morgan fingerprint density at radius 1 is 0.962 bits per heavy atom. The fraction of sp³-hybridized carbons (Fsp3) is 0.905. The molecule has 2 N–H and O–H groups in total. The number of esters is 1. The molecule has 4 unspecified atom stereocenters. The summed E-state index contributed by atoms with van der Waals surface area (Å²) in [4.78, 5) is 27.4. The van der Waals surface area contributed by atoms with E-state index < -0.39 is 14.4 Å². The summed E-state index contributed by atoms with van der Waals surface area (Å²) < 4.78 is 28.0. The summed E-state index contributed by atoms with van der Waals surface area (Å²) >= 11 is 0. The first kappa shape index (κ1) is 45.6. The molecule has 0 bridgehead atoms. The fourth-order valence-electron chi connectivity index (χ4n) is 11.7. The van der Waals surface area contributed by atoms with Gasteiger partial charge in [-0.3, -0.25) is 14.2 Å². The van der Waals surface area contributed by atoms with Crippen molar-refractivity contribution in [2.45, 2.75) is 168 Å². The third-order valence-corrected chi connectivity index (χ3v) is 15.3. The molecule has 53 heavy (non-hydrogen) atoms. The number of aliphatic hydroxyl groups is 2. The minimum Gasteiger partial charge on any atom is -0.462 e. The molecule has 301 valence electrons. The monoisotopic (exact) mass is 838 g/mol. The first-order valence-corrected chi connectivity index (χ1v) is 22.3. The molecule has 1 saturated heterocycles. The van der Waals surface area contributed by atoms with Gasteiger partial charge in [0.15, 0.2) is 0 Å². The van der Waals surface area contributed by atoms with Crippen molar-refractivity contribution in [1.29, 1.82) is 0 Å². The largest absolute Gasteiger partial charge is 0.462 e. The summed E-state index contributed by atoms with van der Waals surface area (Å²) in [6.45, 7) is 12.4. The van der Waals surface area contributed by atoms with Crippen molar-refractivity contribution in [3.05, 3.63) is 11.6 Å². The van der Waals surface area contributed by atoms with Crippen LogP contribution in [0.1, 0.15) is 150 Å². The standard InChI is InChI=1S/C42H72NO8P.Y/c1-29(2)11-10-12-30(3)36-17-18-37-35-16-15-31-25-34(19-21-41(31,4)38(35)20-22-42(36,37)5)51-40(47)14-9-7-6-8-13-39(46)43-27-33(45)26-32(43)28-50-52(48)49-24-23-44;/h15,29-30,32-38,44-45,52H,6-14,16-28H2,1-5H3;/t30-,32-,33+,34-,35?,36+,37?,38?,41-,42+;/m0./s1. The molecule has 0 aromatic rings. The molecule has 11 atom stereocenters. The van der Waals surface area contributed by atoms with Crippen LogP contribution in [0.2, 0.25) is 0 Å². The number of rotatable bonds is 19. The van der Waals surface area contributed by atoms with Crippen LogP contribution in [0.3, 0.4) is 0 Å². The van der Waals surface area contributed by atoms with Crippen LogP contribution in [0.15, 0.2) is 11.6 Å². The van der Waals surface area contributed by atoms with Crippen molar-refractivity contribution in [1.82, 2.24) is 4.90 Å². The molecule has 5 aliphatic rings. The van der Waals surface area contributed by atoms with Gasteiger partial charge in [0.25, 0.3) is 0 Å². The van der Waals surface area contributed by atoms with Gasteiger partial charge in [-0.05, 0) is 111 Å². The maximum Gasteiger partial charge on any atom is 0.319 e. The van der Waals surface area contributed by atoms with E-state index in [1.807, 2.05) is 0 Å². The summed E-state index contributed by atoms with van der Waals surface area (Å²) in [5.41, 5.74) is 2.31. The number of amides is 1. The van der Waals surface area contributed by atoms with Crippen molar-refractivity contribution in [3.8, 4) is 0 Å². The Hall–Kier alpha value is -0.146. The summed E-state index contributed by atoms with van der Waals surface area (Å²) in [5.74, 6) is 4.81. The third-order valence-electron chi connectivity index (χ3n) is 14.5. The summed E-state index contributed by atoms with van der Waals surface area (Å²) in [6.07, 6.45) is 20.2. The summed E-state index contributed by atoms with van der Waals surface area (Å²) in [5, 5.41) is 18.9. The minimum absolute atomic E-state index is 0. The van der Waals surface area contributed by atoms with Gasteiger partial charge in [0.05, 0.1) is 32.0 Å². The third kappa shape index (κ3) is 11.5. The van der Waals surface area contributed by atoms with E-state index in [0.29, 0.717) is 31.1 Å². The van der Waals surface area contributed by atoms with Crippen LogP contribution in [-0.4, -0.2) is 71.6 Å². The van der Waals surface area contributed by atoms with Gasteiger partial charge in [0.2, 0.25) is 5.91 Å². The van der Waals surface area contributed by atoms with E-state index in [2.05, 4.69) is 40.7 Å². The number of β-amino-alcohol motifs (C(OH)–C–C–N with tert-alkyl or cyclic N) is 1. The van der Waals surface area contributed by atoms with Gasteiger partial charge in [0.1, 0.15) is 6.10 Å². The van der Waals surface area contributed by atoms with Crippen LogP contribution in [-0.2, 0) is 60.6 Å². The van der Waals surface area contributed by atoms with E-state index in [0.717, 1.165) is 74.0 Å². The number of carbonyl (C=O) groups excluding carboxylic acids is 2. The van der Waals surface area contributed by atoms with Crippen molar-refractivity contribution < 1.29 is 70.9 Å². The second-order valence-electron chi connectivity index (χ2n) is 18.3. The van der Waals surface area contributed by atoms with E-state index in [4.69, 9.17) is 18.9 Å². The number of likely N-dealkylation sites (tertiary alicyclic amines) is 1. The Morgan fingerprint density at radius 2 is 1.72 bits per heavy atom. The zero-order valence-electron chi connectivity index (χ0n) is 33.7. The minimum atomic E-state index is -2.74. The fourth-order valence-corrected chi connectivity index (χ4v) is 12.4. The molecular formula is C42H72NO8PY. The van der Waals surface area contributed by atoms with Crippen molar-refractivity contribution in [2.75, 3.05) is 26.4 Å². The molecule has 0 aromatic heterocycles. The van der Waals surface area contributed by atoms with Gasteiger partial charge < -0.3 is 28.9 Å². The predicted octanol–water partition coefficient (Wildman–Crippen LogP) is 8.65. The van der Waals surface area contributed by atoms with Crippen LogP contribution >= 0.6 is 8.25 Å². The van der Waals surface area contributed by atoms with E-state index in [-0.39, 0.29) is 88.5 Å². The van der Waals surface area contributed by atoms with Gasteiger partial charge in [-0.25, -0.2) is 0 Å². The van der Waals surface area contributed by atoms with Gasteiger partial charge in [-0.1, -0.05) is 78.4 Å². The Bertz CT molecular complexity index is 1250. The number of ether oxygens (including phenoxy) is 1. The number of aliphatic hydroxyl groups excluding tert-OH is 2. The number of nitrogens with zero attached hydrogens (tertiary/aromatic N) is 1. The number of fused-ring (bicyclic) bond motifs is 5. The molecule has 1 aliphatic heterocycles. The topological polar surface area (TPSA) is 123 Å². The molecule has 0 spiro atoms. The Kier molecular flexibility index (Phi) is 18.1. The van der Waals surface area contributed by atoms with E-state index in [1.54, 1.807) is 10.5 Å². The van der Waals surface area contributed by atoms with Gasteiger partial charge in [0, 0.05) is 58.5 Å². The van der Waals surface area contributed by atoms with E-state index >= 15 is 0 Å². The molecule has 4 aliphatic carbocycles. The first-order chi connectivity index (χ1) is 24.9. The van der Waals surface area contributed by atoms with Gasteiger partial charge >= 0.3 is 14.2 Å². The maximum atomic E-state index is 12.9. The zero-order valence-corrected chi connectivity index (χ0v) is 37.5. The van der Waals surface area contributed by atoms with Crippen molar-refractivity contribution in [3.63, 3.8) is 0 Å². The van der Waals surface area contributed by atoms with Gasteiger partial charge in [-0.2, -0.15) is 0 Å². The zero-order chi connectivity index (χ0) is 37.5. The molecule has 5 rings (SSSR count). The van der Waals surface area contributed by atoms with Gasteiger partial charge in [-0.15, -0.1) is 0 Å². The number of hydrogen-bond donors (Lipinski definition) is 2. The molecule has 1 amide bonds. The van der Waals surface area contributed by atoms with Crippen LogP contribution in [0, 0.1) is 46.3 Å². The smallest absolute Gasteiger partial charge is 0.319 e. The van der Waals surface area contributed by atoms with Crippen LogP contribution in [0.4, 0.5) is 0 Å². The number of hydrogen-bond acceptors (Lipinski definition) is 8. The molecule has 9 nitrogen and oxygen atoms in total. The molecule has 11 heteroatoms. The number of carbonyl (C=O) groups is 2. The molecule has 4 fully saturated rings. The maximum absolute atomic E-state index is 12.9. The van der Waals surface area contributed by atoms with E-state index in [9.17, 15) is 19.3 Å². The Labute approximate surface area is 346 Å². The first-order valence-electron chi connectivity index (χ1n) is 21.1. The van der Waals surface area contributed by atoms with Crippen molar-refractivity contribution in [2.24, 2.45) is 46.3 Å². The summed E-state index contributed by atoms with van der Waals surface area (Å²) in [6, 6.07) is -0.344. The van der Waals surface area contributed by atoms with E-state index in [1.165, 1.54) is 51.4 Å². The molecule has 0 aromatic carbocycles. The average molecular weight is 839 g/mol. The predicted molar refractivity (Wildman–Crippen MR) is 205 cm³/mol. The summed E-state index contributed by atoms with van der Waals surface area (Å²) in [7, 11) is -2.74.